The fourth-order valence-corrected chi connectivity index (χ4v) is 7.42. The molecule has 1 atom stereocenters. The van der Waals surface area contributed by atoms with Crippen LogP contribution in [-0.2, 0) is 24.0 Å². The molecule has 1 aliphatic rings. The van der Waals surface area contributed by atoms with Crippen molar-refractivity contribution in [2.24, 2.45) is 0 Å². The van der Waals surface area contributed by atoms with E-state index in [2.05, 4.69) is 26.3 Å². The van der Waals surface area contributed by atoms with Crippen molar-refractivity contribution in [2.75, 3.05) is 109 Å². The van der Waals surface area contributed by atoms with Gasteiger partial charge in [0.2, 0.25) is 11.8 Å². The van der Waals surface area contributed by atoms with Gasteiger partial charge in [0, 0.05) is 70.2 Å². The van der Waals surface area contributed by atoms with Gasteiger partial charge in [0.15, 0.2) is 0 Å². The predicted molar refractivity (Wildman–Crippen MR) is 254 cm³/mol. The standard InChI is InChI=1S/C30H33F2N7O6.C16H31N3O6/c1-2-23(40)35-10-11-37-26-25(27(42)28(26)43)36-8-3-4-12-45-19-5-6-22-21(13-19)20(7-9-34-22)29(44)38-16-24(41)39-17-30(31,32)14-18(39)15-33;1-3-5-17(11-14(20)21)7-9-19(13-16(24)25)10-8-18(6-4-2)12-15(22)23/h5-7,9,13,18,36-37H,2-4,8,10-12,14,16-17H2,1H3,(H,35,40)(H,38,44);3-13H2,1-2H3,(H,20,21)(H,22,23)(H,24,25). The first kappa shape index (κ1) is 57.5. The van der Waals surface area contributed by atoms with Crippen molar-refractivity contribution in [3.63, 3.8) is 0 Å². The van der Waals surface area contributed by atoms with Crippen molar-refractivity contribution < 1.29 is 57.6 Å². The highest BCUT2D eigenvalue weighted by atomic mass is 19.3. The number of hydrogen-bond acceptors (Lipinski definition) is 16. The third-order valence-corrected chi connectivity index (χ3v) is 10.8. The van der Waals surface area contributed by atoms with E-state index in [9.17, 15) is 47.1 Å². The number of carbonyl (C=O) groups excluding carboxylic acids is 3. The van der Waals surface area contributed by atoms with Crippen LogP contribution in [0, 0.1) is 11.3 Å². The normalized spacial score (nSPS) is 14.0. The number of benzene rings is 1. The van der Waals surface area contributed by atoms with Gasteiger partial charge in [-0.1, -0.05) is 20.8 Å². The maximum atomic E-state index is 13.7. The number of nitrogens with one attached hydrogen (secondary N) is 4. The van der Waals surface area contributed by atoms with Crippen molar-refractivity contribution in [3.05, 3.63) is 56.5 Å². The molecule has 2 heterocycles. The predicted octanol–water partition coefficient (Wildman–Crippen LogP) is 1.50. The molecule has 0 spiro atoms. The van der Waals surface area contributed by atoms with Gasteiger partial charge in [-0.2, -0.15) is 5.26 Å². The van der Waals surface area contributed by atoms with Gasteiger partial charge >= 0.3 is 17.9 Å². The summed E-state index contributed by atoms with van der Waals surface area (Å²) in [6, 6.07) is 6.91. The Bertz CT molecular complexity index is 2330. The highest BCUT2D eigenvalue weighted by Gasteiger charge is 2.47. The van der Waals surface area contributed by atoms with E-state index < -0.39 is 72.1 Å². The number of hydrogen-bond donors (Lipinski definition) is 7. The summed E-state index contributed by atoms with van der Waals surface area (Å²) in [7, 11) is 0. The van der Waals surface area contributed by atoms with Crippen LogP contribution in [0.3, 0.4) is 0 Å². The van der Waals surface area contributed by atoms with Crippen molar-refractivity contribution in [3.8, 4) is 11.8 Å². The third kappa shape index (κ3) is 19.3. The number of rotatable bonds is 31. The number of likely N-dealkylation sites (tertiary alicyclic amines) is 1. The Kier molecular flexibility index (Phi) is 24.0. The highest BCUT2D eigenvalue weighted by molar-refractivity contribution is 6.07. The Morgan fingerprint density at radius 1 is 0.800 bits per heavy atom. The van der Waals surface area contributed by atoms with Gasteiger partial charge in [-0.05, 0) is 63.0 Å². The molecule has 3 aromatic rings. The molecule has 1 aliphatic heterocycles. The first-order valence-electron chi connectivity index (χ1n) is 23.1. The molecular formula is C46H64F2N10O12. The fourth-order valence-electron chi connectivity index (χ4n) is 7.42. The summed E-state index contributed by atoms with van der Waals surface area (Å²) >= 11 is 0. The van der Waals surface area contributed by atoms with E-state index in [1.54, 1.807) is 45.9 Å². The molecule has 0 bridgehead atoms. The van der Waals surface area contributed by atoms with Gasteiger partial charge in [0.05, 0.1) is 56.5 Å². The zero-order valence-electron chi connectivity index (χ0n) is 39.8. The van der Waals surface area contributed by atoms with Crippen LogP contribution in [0.25, 0.3) is 10.9 Å². The minimum atomic E-state index is -3.15. The Morgan fingerprint density at radius 2 is 1.36 bits per heavy atom. The number of aromatic nitrogens is 1. The Balaban J connectivity index is 0.000000442. The van der Waals surface area contributed by atoms with Crippen molar-refractivity contribution in [2.45, 2.75) is 71.3 Å². The number of unbranched alkanes of at least 4 members (excludes halogenated alkanes) is 1. The molecule has 0 saturated carbocycles. The maximum absolute atomic E-state index is 13.7. The van der Waals surface area contributed by atoms with Crippen molar-refractivity contribution in [1.29, 1.82) is 5.26 Å². The molecule has 0 aliphatic carbocycles. The van der Waals surface area contributed by atoms with E-state index in [4.69, 9.17) is 25.3 Å². The van der Waals surface area contributed by atoms with Crippen LogP contribution in [0.15, 0.2) is 40.1 Å². The number of alkyl halides is 2. The summed E-state index contributed by atoms with van der Waals surface area (Å²) in [5.74, 6) is -6.96. The summed E-state index contributed by atoms with van der Waals surface area (Å²) in [6.07, 6.45) is 3.91. The number of carbonyl (C=O) groups is 6. The zero-order valence-corrected chi connectivity index (χ0v) is 39.8. The number of pyridine rings is 1. The zero-order chi connectivity index (χ0) is 51.8. The lowest BCUT2D eigenvalue weighted by molar-refractivity contribution is -0.140. The molecule has 70 heavy (non-hydrogen) atoms. The average Bonchev–Trinajstić information content (AvgIpc) is 3.64. The summed E-state index contributed by atoms with van der Waals surface area (Å²) in [6.45, 7) is 8.33. The largest absolute Gasteiger partial charge is 0.494 e. The van der Waals surface area contributed by atoms with E-state index in [-0.39, 0.29) is 42.5 Å². The van der Waals surface area contributed by atoms with Crippen molar-refractivity contribution >= 4 is 57.9 Å². The number of aliphatic carboxylic acids is 3. The van der Waals surface area contributed by atoms with Crippen LogP contribution in [0.2, 0.25) is 0 Å². The minimum Gasteiger partial charge on any atom is -0.494 e. The number of fused-ring (bicyclic) bond motifs is 1. The van der Waals surface area contributed by atoms with Crippen LogP contribution in [-0.4, -0.2) is 186 Å². The molecule has 384 valence electrons. The van der Waals surface area contributed by atoms with E-state index in [0.717, 1.165) is 17.7 Å². The van der Waals surface area contributed by atoms with E-state index in [1.807, 2.05) is 13.8 Å². The van der Waals surface area contributed by atoms with Gasteiger partial charge in [0.25, 0.3) is 22.7 Å². The third-order valence-electron chi connectivity index (χ3n) is 10.8. The molecule has 1 fully saturated rings. The molecule has 1 saturated heterocycles. The minimum absolute atomic E-state index is 0.0737. The number of amides is 3. The number of carboxylic acids is 3. The number of anilines is 2. The monoisotopic (exact) mass is 986 g/mol. The van der Waals surface area contributed by atoms with Gasteiger partial charge in [-0.25, -0.2) is 8.78 Å². The van der Waals surface area contributed by atoms with Gasteiger partial charge in [-0.3, -0.25) is 58.0 Å². The number of halogens is 2. The Labute approximate surface area is 403 Å². The molecule has 0 radical (unpaired) electrons. The molecule has 1 aromatic heterocycles. The van der Waals surface area contributed by atoms with Gasteiger partial charge in [-0.15, -0.1) is 0 Å². The summed E-state index contributed by atoms with van der Waals surface area (Å²) in [5.41, 5.74) is -0.0581. The van der Waals surface area contributed by atoms with E-state index in [1.165, 1.54) is 12.3 Å². The molecule has 7 N–H and O–H groups in total. The number of nitriles is 1. The summed E-state index contributed by atoms with van der Waals surface area (Å²) in [4.78, 5) is 104. The summed E-state index contributed by atoms with van der Waals surface area (Å²) in [5, 5.41) is 47.5. The number of carboxylic acid groups (broad SMARTS) is 3. The van der Waals surface area contributed by atoms with Crippen LogP contribution in [0.4, 0.5) is 20.2 Å². The fraction of sp³-hybridized carbons (Fsp3) is 0.565. The quantitative estimate of drug-likeness (QED) is 0.0355. The van der Waals surface area contributed by atoms with E-state index in [0.29, 0.717) is 101 Å². The Hall–Kier alpha value is -6.84. The first-order valence-corrected chi connectivity index (χ1v) is 23.1. The molecule has 24 heteroatoms. The van der Waals surface area contributed by atoms with E-state index >= 15 is 0 Å². The highest BCUT2D eigenvalue weighted by Crippen LogP contribution is 2.31. The van der Waals surface area contributed by atoms with Gasteiger partial charge < -0.3 is 46.2 Å². The smallest absolute Gasteiger partial charge is 0.317 e. The lowest BCUT2D eigenvalue weighted by Crippen LogP contribution is -2.44. The van der Waals surface area contributed by atoms with Crippen LogP contribution in [0.1, 0.15) is 69.7 Å². The second-order valence-electron chi connectivity index (χ2n) is 16.5. The maximum Gasteiger partial charge on any atom is 0.317 e. The number of ether oxygens (including phenoxy) is 1. The SMILES string of the molecule is CCC(=O)NCCNc1c(NCCCCOc2ccc3nccc(C(=O)NCC(=O)N4CC(F)(F)CC4C#N)c3c2)c(=O)c1=O.CCCN(CCN(CCN(CCC)CC(=O)O)CC(=O)O)CC(=O)O. The van der Waals surface area contributed by atoms with Crippen LogP contribution < -0.4 is 36.9 Å². The molecule has 1 unspecified atom stereocenters. The summed E-state index contributed by atoms with van der Waals surface area (Å²) < 4.78 is 33.2. The second kappa shape index (κ2) is 29.2. The lowest BCUT2D eigenvalue weighted by atomic mass is 10.1. The van der Waals surface area contributed by atoms with Gasteiger partial charge in [0.1, 0.15) is 23.2 Å². The topological polar surface area (TPSA) is 304 Å². The van der Waals surface area contributed by atoms with Crippen molar-refractivity contribution in [1.82, 2.24) is 35.2 Å². The second-order valence-corrected chi connectivity index (χ2v) is 16.5. The molecule has 3 amide bonds. The molecule has 4 rings (SSSR count). The molecular weight excluding hydrogens is 923 g/mol. The van der Waals surface area contributed by atoms with Crippen LogP contribution in [0.5, 0.6) is 5.75 Å². The molecule has 22 nitrogen and oxygen atoms in total. The number of nitrogens with zero attached hydrogens (tertiary/aromatic N) is 6. The first-order chi connectivity index (χ1) is 33.3. The molecule has 2 aromatic carbocycles. The van der Waals surface area contributed by atoms with Crippen LogP contribution >= 0.6 is 0 Å². The average molecular weight is 987 g/mol. The Morgan fingerprint density at radius 3 is 1.89 bits per heavy atom. The lowest BCUT2D eigenvalue weighted by Gasteiger charge is -2.28.